The molecule has 0 saturated heterocycles. The van der Waals surface area contributed by atoms with Crippen LogP contribution in [0.2, 0.25) is 0 Å². The number of methoxy groups -OCH3 is 1. The number of hydrogen-bond donors (Lipinski definition) is 2. The number of ketones is 1. The monoisotopic (exact) mass is 333 g/mol. The molecule has 2 N–H and O–H groups in total. The van der Waals surface area contributed by atoms with Crippen LogP contribution in [-0.4, -0.2) is 52.9 Å². The van der Waals surface area contributed by atoms with Crippen LogP contribution in [0.1, 0.15) is 33.6 Å². The highest BCUT2D eigenvalue weighted by atomic mass is 16.5. The first-order valence-electron chi connectivity index (χ1n) is 6.82. The Morgan fingerprint density at radius 2 is 1.92 bits per heavy atom. The number of ether oxygens (including phenoxy) is 1. The lowest BCUT2D eigenvalue weighted by Crippen LogP contribution is -2.42. The summed E-state index contributed by atoms with van der Waals surface area (Å²) in [5.41, 5.74) is 7.92. The molecule has 0 unspecified atom stereocenters. The first-order valence-corrected chi connectivity index (χ1v) is 6.82. The molecule has 0 aliphatic carbocycles. The van der Waals surface area contributed by atoms with Gasteiger partial charge in [-0.25, -0.2) is 9.59 Å². The van der Waals surface area contributed by atoms with E-state index in [-0.39, 0.29) is 24.0 Å². The second kappa shape index (κ2) is 8.96. The summed E-state index contributed by atoms with van der Waals surface area (Å²) < 4.78 is 4.55. The van der Waals surface area contributed by atoms with Crippen LogP contribution in [0.5, 0.6) is 0 Å². The minimum Gasteiger partial charge on any atom is -0.478 e. The summed E-state index contributed by atoms with van der Waals surface area (Å²) in [4.78, 5) is 49.0. The molecule has 0 spiro atoms. The Balaban J connectivity index is 2.92. The Bertz CT molecular complexity index is 709. The number of benzene rings is 1. The Morgan fingerprint density at radius 1 is 1.29 bits per heavy atom. The van der Waals surface area contributed by atoms with E-state index in [0.29, 0.717) is 6.21 Å². The van der Waals surface area contributed by atoms with Crippen molar-refractivity contribution in [3.8, 4) is 0 Å². The zero-order valence-corrected chi connectivity index (χ0v) is 12.8. The van der Waals surface area contributed by atoms with Gasteiger partial charge >= 0.3 is 18.2 Å². The van der Waals surface area contributed by atoms with E-state index in [9.17, 15) is 19.2 Å². The number of Topliss-reactive ketones (excluding diaryl/α,β-unsaturated/α-hetero) is 1. The lowest BCUT2D eigenvalue weighted by atomic mass is 10.0. The molecule has 0 aliphatic rings. The highest BCUT2D eigenvalue weighted by Gasteiger charge is 2.25. The molecule has 0 aliphatic heterocycles. The second-order valence-electron chi connectivity index (χ2n) is 4.65. The van der Waals surface area contributed by atoms with E-state index in [0.717, 1.165) is 7.11 Å². The number of rotatable bonds is 8. The van der Waals surface area contributed by atoms with Gasteiger partial charge in [-0.2, -0.15) is 4.79 Å². The van der Waals surface area contributed by atoms with Crippen molar-refractivity contribution in [2.75, 3.05) is 7.11 Å². The molecular weight excluding hydrogens is 318 g/mol. The lowest BCUT2D eigenvalue weighted by molar-refractivity contribution is -0.143. The van der Waals surface area contributed by atoms with Crippen molar-refractivity contribution in [3.63, 3.8) is 0 Å². The maximum Gasteiger partial charge on any atom is 0.336 e. The van der Waals surface area contributed by atoms with Crippen molar-refractivity contribution < 1.29 is 33.8 Å². The Morgan fingerprint density at radius 3 is 2.46 bits per heavy atom. The van der Waals surface area contributed by atoms with Gasteiger partial charge in [0.2, 0.25) is 5.78 Å². The van der Waals surface area contributed by atoms with Crippen molar-refractivity contribution >= 4 is 29.8 Å². The third kappa shape index (κ3) is 5.15. The van der Waals surface area contributed by atoms with E-state index in [1.807, 2.05) is 0 Å². The highest BCUT2D eigenvalue weighted by molar-refractivity contribution is 6.25. The summed E-state index contributed by atoms with van der Waals surface area (Å²) in [7, 11) is 1.11. The zero-order valence-electron chi connectivity index (χ0n) is 12.8. The van der Waals surface area contributed by atoms with Gasteiger partial charge in [0.05, 0.1) is 18.2 Å². The summed E-state index contributed by atoms with van der Waals surface area (Å²) in [6.07, 6.45) is 0.402. The Labute approximate surface area is 136 Å². The number of aromatic carboxylic acids is 1. The Kier molecular flexibility index (Phi) is 6.99. The van der Waals surface area contributed by atoms with Gasteiger partial charge in [0.15, 0.2) is 0 Å². The average molecular weight is 333 g/mol. The number of carbonyl (C=O) groups is 4. The van der Waals surface area contributed by atoms with Gasteiger partial charge in [-0.05, 0) is 18.6 Å². The Hall–Kier alpha value is -3.32. The highest BCUT2D eigenvalue weighted by Crippen LogP contribution is 2.10. The number of amides is 1. The number of esters is 1. The maximum atomic E-state index is 12.2. The van der Waals surface area contributed by atoms with Crippen LogP contribution in [0.15, 0.2) is 24.3 Å². The number of hydrogen-bond acceptors (Lipinski definition) is 5. The molecule has 0 fully saturated rings. The topological polar surface area (TPSA) is 146 Å². The molecule has 126 valence electrons. The van der Waals surface area contributed by atoms with E-state index < -0.39 is 29.7 Å². The molecule has 0 saturated carbocycles. The summed E-state index contributed by atoms with van der Waals surface area (Å²) in [5.74, 6) is -3.41. The fourth-order valence-electron chi connectivity index (χ4n) is 1.91. The zero-order chi connectivity index (χ0) is 18.1. The number of nitrogens with one attached hydrogen (secondary N) is 1. The molecule has 1 aromatic rings. The predicted octanol–water partition coefficient (Wildman–Crippen LogP) is 0.306. The SMILES string of the molecule is COC(=O)[C@H](CCC(=O)C=[N+]=[N-])NC(=O)c1ccccc1C(=O)O. The van der Waals surface area contributed by atoms with Crippen molar-refractivity contribution in [1.82, 2.24) is 5.32 Å². The average Bonchev–Trinajstić information content (AvgIpc) is 2.57. The summed E-state index contributed by atoms with van der Waals surface area (Å²) in [6.45, 7) is 0. The minimum absolute atomic E-state index is 0.0987. The van der Waals surface area contributed by atoms with Crippen LogP contribution in [0.3, 0.4) is 0 Å². The molecule has 24 heavy (non-hydrogen) atoms. The third-order valence-corrected chi connectivity index (χ3v) is 3.07. The molecule has 0 heterocycles. The maximum absolute atomic E-state index is 12.2. The van der Waals surface area contributed by atoms with Gasteiger partial charge in [-0.1, -0.05) is 12.1 Å². The van der Waals surface area contributed by atoms with E-state index in [1.54, 1.807) is 0 Å². The quantitative estimate of drug-likeness (QED) is 0.303. The van der Waals surface area contributed by atoms with Crippen LogP contribution >= 0.6 is 0 Å². The first kappa shape index (κ1) is 18.7. The molecule has 9 heteroatoms. The molecule has 0 bridgehead atoms. The lowest BCUT2D eigenvalue weighted by Gasteiger charge is -2.16. The van der Waals surface area contributed by atoms with Crippen LogP contribution in [-0.2, 0) is 14.3 Å². The number of carboxylic acids is 1. The van der Waals surface area contributed by atoms with Crippen LogP contribution in [0.25, 0.3) is 5.53 Å². The van der Waals surface area contributed by atoms with Crippen molar-refractivity contribution in [2.24, 2.45) is 0 Å². The molecule has 0 aromatic heterocycles. The first-order chi connectivity index (χ1) is 11.4. The molecule has 9 nitrogen and oxygen atoms in total. The fourth-order valence-corrected chi connectivity index (χ4v) is 1.91. The van der Waals surface area contributed by atoms with Gasteiger partial charge in [-0.15, -0.1) is 0 Å². The molecule has 1 amide bonds. The third-order valence-electron chi connectivity index (χ3n) is 3.07. The standard InChI is InChI=1S/C15H15N3O6/c1-24-15(23)12(7-6-9(19)8-17-16)18-13(20)10-4-2-3-5-11(10)14(21)22/h2-5,8,12H,6-7H2,1H3,(H,18,20)(H,21,22)/t12-/m0/s1. The van der Waals surface area contributed by atoms with E-state index in [2.05, 4.69) is 14.8 Å². The molecule has 0 radical (unpaired) electrons. The summed E-state index contributed by atoms with van der Waals surface area (Å²) in [5, 5.41) is 11.4. The van der Waals surface area contributed by atoms with E-state index >= 15 is 0 Å². The minimum atomic E-state index is -1.29. The van der Waals surface area contributed by atoms with E-state index in [4.69, 9.17) is 10.6 Å². The van der Waals surface area contributed by atoms with Gasteiger partial charge in [-0.3, -0.25) is 9.59 Å². The largest absolute Gasteiger partial charge is 0.478 e. The summed E-state index contributed by atoms with van der Waals surface area (Å²) >= 11 is 0. The van der Waals surface area contributed by atoms with Crippen LogP contribution in [0, 0.1) is 0 Å². The predicted molar refractivity (Wildman–Crippen MR) is 80.6 cm³/mol. The van der Waals surface area contributed by atoms with Gasteiger partial charge in [0.25, 0.3) is 5.91 Å². The van der Waals surface area contributed by atoms with Crippen molar-refractivity contribution in [2.45, 2.75) is 18.9 Å². The van der Waals surface area contributed by atoms with Gasteiger partial charge < -0.3 is 20.7 Å². The number of nitrogens with zero attached hydrogens (tertiary/aromatic N) is 2. The number of carbonyl (C=O) groups excluding carboxylic acids is 3. The van der Waals surface area contributed by atoms with Crippen LogP contribution in [0.4, 0.5) is 0 Å². The second-order valence-corrected chi connectivity index (χ2v) is 4.65. The molecule has 1 rings (SSSR count). The van der Waals surface area contributed by atoms with Crippen LogP contribution < -0.4 is 5.32 Å². The van der Waals surface area contributed by atoms with Gasteiger partial charge in [0.1, 0.15) is 6.04 Å². The smallest absolute Gasteiger partial charge is 0.336 e. The summed E-state index contributed by atoms with van der Waals surface area (Å²) in [6, 6.07) is 4.35. The molecular formula is C15H15N3O6. The fraction of sp³-hybridized carbons (Fsp3) is 0.267. The van der Waals surface area contributed by atoms with Gasteiger partial charge in [0, 0.05) is 6.42 Å². The van der Waals surface area contributed by atoms with E-state index in [1.165, 1.54) is 24.3 Å². The molecule has 1 atom stereocenters. The number of carboxylic acid groups (broad SMARTS) is 1. The van der Waals surface area contributed by atoms with Crippen molar-refractivity contribution in [1.29, 1.82) is 0 Å². The van der Waals surface area contributed by atoms with Crippen molar-refractivity contribution in [3.05, 3.63) is 40.9 Å². The normalized spacial score (nSPS) is 10.9. The molecule has 1 aromatic carbocycles.